The van der Waals surface area contributed by atoms with E-state index in [0.29, 0.717) is 17.8 Å². The zero-order valence-corrected chi connectivity index (χ0v) is 17.4. The summed E-state index contributed by atoms with van der Waals surface area (Å²) in [7, 11) is 0. The minimum atomic E-state index is -0.397. The van der Waals surface area contributed by atoms with E-state index in [0.717, 1.165) is 69.2 Å². The van der Waals surface area contributed by atoms with Crippen molar-refractivity contribution >= 4 is 11.5 Å². The van der Waals surface area contributed by atoms with Gasteiger partial charge in [0.25, 0.3) is 5.69 Å². The van der Waals surface area contributed by atoms with Crippen LogP contribution in [0.25, 0.3) is 11.4 Å². The van der Waals surface area contributed by atoms with Crippen molar-refractivity contribution in [2.75, 3.05) is 38.2 Å². The van der Waals surface area contributed by atoms with E-state index < -0.39 is 4.92 Å². The number of nitrogens with one attached hydrogen (secondary N) is 1. The number of ether oxygens (including phenoxy) is 1. The smallest absolute Gasteiger partial charge is 0.269 e. The fourth-order valence-electron chi connectivity index (χ4n) is 4.18. The number of nitrogens with zero attached hydrogens (tertiary/aromatic N) is 4. The lowest BCUT2D eigenvalue weighted by molar-refractivity contribution is -0.384. The molecule has 160 valence electrons. The second kappa shape index (κ2) is 9.49. The highest BCUT2D eigenvalue weighted by atomic mass is 16.6. The molecule has 0 amide bonds. The molecule has 8 nitrogen and oxygen atoms in total. The molecular formula is C22H29N5O3. The third kappa shape index (κ3) is 5.12. The molecule has 1 atom stereocenters. The number of hydrogen-bond donors (Lipinski definition) is 1. The molecule has 8 heteroatoms. The van der Waals surface area contributed by atoms with Crippen LogP contribution < -0.4 is 5.32 Å². The first-order valence-corrected chi connectivity index (χ1v) is 10.8. The Hall–Kier alpha value is -2.58. The topological polar surface area (TPSA) is 93.4 Å². The molecule has 0 bridgehead atoms. The van der Waals surface area contributed by atoms with E-state index in [1.807, 2.05) is 6.07 Å². The molecule has 1 aromatic heterocycles. The fraction of sp³-hybridized carbons (Fsp3) is 0.545. The van der Waals surface area contributed by atoms with Crippen LogP contribution in [0.1, 0.15) is 31.9 Å². The molecular weight excluding hydrogens is 382 g/mol. The van der Waals surface area contributed by atoms with Gasteiger partial charge in [-0.05, 0) is 43.7 Å². The van der Waals surface area contributed by atoms with E-state index in [1.54, 1.807) is 12.1 Å². The van der Waals surface area contributed by atoms with Gasteiger partial charge in [-0.25, -0.2) is 9.97 Å². The van der Waals surface area contributed by atoms with Crippen molar-refractivity contribution in [2.24, 2.45) is 5.92 Å². The molecule has 1 N–H and O–H groups in total. The van der Waals surface area contributed by atoms with Crippen LogP contribution in [0.2, 0.25) is 0 Å². The zero-order chi connectivity index (χ0) is 20.9. The quantitative estimate of drug-likeness (QED) is 0.550. The first-order chi connectivity index (χ1) is 14.6. The monoisotopic (exact) mass is 411 g/mol. The first-order valence-electron chi connectivity index (χ1n) is 10.8. The van der Waals surface area contributed by atoms with Gasteiger partial charge in [0.15, 0.2) is 5.82 Å². The molecule has 4 rings (SSSR count). The van der Waals surface area contributed by atoms with Gasteiger partial charge < -0.3 is 15.0 Å². The predicted molar refractivity (Wildman–Crippen MR) is 116 cm³/mol. The average molecular weight is 412 g/mol. The van der Waals surface area contributed by atoms with Crippen LogP contribution in [-0.4, -0.2) is 58.7 Å². The van der Waals surface area contributed by atoms with Crippen molar-refractivity contribution in [3.8, 4) is 11.4 Å². The molecule has 3 heterocycles. The Morgan fingerprint density at radius 3 is 2.60 bits per heavy atom. The molecule has 2 aromatic rings. The van der Waals surface area contributed by atoms with E-state index in [9.17, 15) is 10.1 Å². The number of likely N-dealkylation sites (tertiary alicyclic amines) is 1. The lowest BCUT2D eigenvalue weighted by Gasteiger charge is -2.33. The molecule has 0 aliphatic carbocycles. The van der Waals surface area contributed by atoms with Crippen molar-refractivity contribution in [3.05, 3.63) is 46.1 Å². The van der Waals surface area contributed by atoms with Gasteiger partial charge in [-0.2, -0.15) is 0 Å². The normalized spacial score (nSPS) is 20.4. The Bertz CT molecular complexity index is 860. The highest BCUT2D eigenvalue weighted by molar-refractivity contribution is 5.59. The molecule has 0 radical (unpaired) electrons. The lowest BCUT2D eigenvalue weighted by Crippen LogP contribution is -2.41. The second-order valence-corrected chi connectivity index (χ2v) is 8.17. The Morgan fingerprint density at radius 1 is 1.20 bits per heavy atom. The molecule has 2 aliphatic heterocycles. The molecule has 0 saturated carbocycles. The van der Waals surface area contributed by atoms with Crippen molar-refractivity contribution < 1.29 is 9.66 Å². The van der Waals surface area contributed by atoms with Gasteiger partial charge in [0.2, 0.25) is 0 Å². The van der Waals surface area contributed by atoms with Crippen LogP contribution in [0, 0.1) is 16.0 Å². The van der Waals surface area contributed by atoms with Crippen molar-refractivity contribution in [2.45, 2.75) is 38.6 Å². The van der Waals surface area contributed by atoms with E-state index >= 15 is 0 Å². The standard InChI is InChI=1S/C22H29N5O3/c1-2-18-13-21(25-22(24-18)17-3-5-20(6-4-17)27(28)29)23-19-7-10-26(11-8-19)14-16-9-12-30-15-16/h3-6,13,16,19H,2,7-12,14-15H2,1H3,(H,23,24,25). The average Bonchev–Trinajstić information content (AvgIpc) is 3.28. The Labute approximate surface area is 176 Å². The van der Waals surface area contributed by atoms with Gasteiger partial charge in [-0.15, -0.1) is 0 Å². The summed E-state index contributed by atoms with van der Waals surface area (Å²) in [5, 5.41) is 14.5. The molecule has 30 heavy (non-hydrogen) atoms. The third-order valence-corrected chi connectivity index (χ3v) is 5.96. The van der Waals surface area contributed by atoms with Gasteiger partial charge in [0.1, 0.15) is 5.82 Å². The van der Waals surface area contributed by atoms with Crippen molar-refractivity contribution in [3.63, 3.8) is 0 Å². The lowest BCUT2D eigenvalue weighted by atomic mass is 10.0. The highest BCUT2D eigenvalue weighted by Gasteiger charge is 2.24. The number of nitro benzene ring substituents is 1. The molecule has 1 unspecified atom stereocenters. The highest BCUT2D eigenvalue weighted by Crippen LogP contribution is 2.24. The molecule has 2 fully saturated rings. The molecule has 2 aliphatic rings. The van der Waals surface area contributed by atoms with Crippen LogP contribution in [0.4, 0.5) is 11.5 Å². The largest absolute Gasteiger partial charge is 0.381 e. The first kappa shape index (κ1) is 20.7. The van der Waals surface area contributed by atoms with E-state index in [2.05, 4.69) is 22.1 Å². The maximum absolute atomic E-state index is 10.9. The molecule has 1 aromatic carbocycles. The number of piperidine rings is 1. The Morgan fingerprint density at radius 2 is 1.97 bits per heavy atom. The predicted octanol–water partition coefficient (Wildman–Crippen LogP) is 3.53. The summed E-state index contributed by atoms with van der Waals surface area (Å²) in [5.41, 5.74) is 1.81. The number of non-ortho nitro benzene ring substituents is 1. The maximum atomic E-state index is 10.9. The Kier molecular flexibility index (Phi) is 6.54. The number of aryl methyl sites for hydroxylation is 1. The minimum absolute atomic E-state index is 0.0691. The van der Waals surface area contributed by atoms with Gasteiger partial charge in [-0.1, -0.05) is 6.92 Å². The summed E-state index contributed by atoms with van der Waals surface area (Å²) >= 11 is 0. The van der Waals surface area contributed by atoms with Crippen LogP contribution in [0.3, 0.4) is 0 Å². The minimum Gasteiger partial charge on any atom is -0.381 e. The van der Waals surface area contributed by atoms with Gasteiger partial charge >= 0.3 is 0 Å². The van der Waals surface area contributed by atoms with Crippen LogP contribution in [-0.2, 0) is 11.2 Å². The van der Waals surface area contributed by atoms with Crippen molar-refractivity contribution in [1.29, 1.82) is 0 Å². The molecule has 0 spiro atoms. The SMILES string of the molecule is CCc1cc(NC2CCN(CC3CCOC3)CC2)nc(-c2ccc([N+](=O)[O-])cc2)n1. The summed E-state index contributed by atoms with van der Waals surface area (Å²) < 4.78 is 5.50. The van der Waals surface area contributed by atoms with Crippen molar-refractivity contribution in [1.82, 2.24) is 14.9 Å². The fourth-order valence-corrected chi connectivity index (χ4v) is 4.18. The summed E-state index contributed by atoms with van der Waals surface area (Å²) in [5.74, 6) is 2.12. The number of rotatable bonds is 7. The van der Waals surface area contributed by atoms with E-state index in [1.165, 1.54) is 18.6 Å². The number of nitro groups is 1. The zero-order valence-electron chi connectivity index (χ0n) is 17.4. The van der Waals surface area contributed by atoms with Gasteiger partial charge in [0.05, 0.1) is 11.5 Å². The van der Waals surface area contributed by atoms with E-state index in [4.69, 9.17) is 9.72 Å². The van der Waals surface area contributed by atoms with Crippen LogP contribution in [0.5, 0.6) is 0 Å². The number of benzene rings is 1. The maximum Gasteiger partial charge on any atom is 0.269 e. The summed E-state index contributed by atoms with van der Waals surface area (Å²) in [6, 6.07) is 8.82. The summed E-state index contributed by atoms with van der Waals surface area (Å²) in [4.78, 5) is 22.4. The van der Waals surface area contributed by atoms with Gasteiger partial charge in [-0.3, -0.25) is 10.1 Å². The van der Waals surface area contributed by atoms with E-state index in [-0.39, 0.29) is 5.69 Å². The summed E-state index contributed by atoms with van der Waals surface area (Å²) in [6.07, 6.45) is 4.17. The number of anilines is 1. The summed E-state index contributed by atoms with van der Waals surface area (Å²) in [6.45, 7) is 7.21. The number of aromatic nitrogens is 2. The van der Waals surface area contributed by atoms with Crippen LogP contribution in [0.15, 0.2) is 30.3 Å². The molecule has 2 saturated heterocycles. The Balaban J connectivity index is 1.40. The second-order valence-electron chi connectivity index (χ2n) is 8.17. The third-order valence-electron chi connectivity index (χ3n) is 5.96. The van der Waals surface area contributed by atoms with Gasteiger partial charge in [0, 0.05) is 61.7 Å². The van der Waals surface area contributed by atoms with Crippen LogP contribution >= 0.6 is 0 Å². The number of hydrogen-bond acceptors (Lipinski definition) is 7.